The molecule has 0 saturated heterocycles. The molecule has 0 unspecified atom stereocenters. The molecule has 0 aliphatic heterocycles. The average Bonchev–Trinajstić information content (AvgIpc) is 2.76. The zero-order chi connectivity index (χ0) is 13.4. The van der Waals surface area contributed by atoms with Gasteiger partial charge in [-0.1, -0.05) is 53.7 Å². The molecule has 0 atom stereocenters. The van der Waals surface area contributed by atoms with Crippen LogP contribution in [0.5, 0.6) is 0 Å². The Morgan fingerprint density at radius 2 is 1.53 bits per heavy atom. The summed E-state index contributed by atoms with van der Waals surface area (Å²) in [6.07, 6.45) is 2.12. The molecule has 2 rings (SSSR count). The highest BCUT2D eigenvalue weighted by Gasteiger charge is 2.05. The van der Waals surface area contributed by atoms with Gasteiger partial charge in [0.25, 0.3) is 0 Å². The maximum Gasteiger partial charge on any atom is 0.0480 e. The molecule has 0 amide bonds. The van der Waals surface area contributed by atoms with E-state index in [1.807, 2.05) is 27.7 Å². The first-order valence-electron chi connectivity index (χ1n) is 6.74. The standard InChI is InChI=1S/C12H15N.2C2H6/c1-9(2)10-5-4-6-12-11(10)7-8-13(12)3;2*1-2/h4-9H,1-3H3;2*1-2H3. The lowest BCUT2D eigenvalue weighted by atomic mass is 9.99. The third kappa shape index (κ3) is 3.62. The first-order valence-corrected chi connectivity index (χ1v) is 6.74. The van der Waals surface area contributed by atoms with Gasteiger partial charge in [0.15, 0.2) is 0 Å². The second-order valence-electron chi connectivity index (χ2n) is 3.86. The second kappa shape index (κ2) is 7.94. The summed E-state index contributed by atoms with van der Waals surface area (Å²) >= 11 is 0. The summed E-state index contributed by atoms with van der Waals surface area (Å²) in [5.41, 5.74) is 2.77. The number of rotatable bonds is 1. The van der Waals surface area contributed by atoms with Crippen molar-refractivity contribution in [1.29, 1.82) is 0 Å². The van der Waals surface area contributed by atoms with Crippen LogP contribution >= 0.6 is 0 Å². The smallest absolute Gasteiger partial charge is 0.0480 e. The van der Waals surface area contributed by atoms with Gasteiger partial charge in [-0.25, -0.2) is 0 Å². The Kier molecular flexibility index (Phi) is 7.36. The van der Waals surface area contributed by atoms with Crippen LogP contribution in [0.3, 0.4) is 0 Å². The lowest BCUT2D eigenvalue weighted by Crippen LogP contribution is -1.89. The van der Waals surface area contributed by atoms with Crippen LogP contribution in [0, 0.1) is 0 Å². The third-order valence-electron chi connectivity index (χ3n) is 2.58. The predicted octanol–water partition coefficient (Wildman–Crippen LogP) is 5.35. The normalized spacial score (nSPS) is 9.41. The van der Waals surface area contributed by atoms with E-state index in [1.165, 1.54) is 16.5 Å². The van der Waals surface area contributed by atoms with Gasteiger partial charge in [-0.05, 0) is 23.6 Å². The Bertz CT molecular complexity index is 424. The summed E-state index contributed by atoms with van der Waals surface area (Å²) in [7, 11) is 2.09. The van der Waals surface area contributed by atoms with Gasteiger partial charge in [-0.3, -0.25) is 0 Å². The van der Waals surface area contributed by atoms with Gasteiger partial charge in [-0.15, -0.1) is 0 Å². The predicted molar refractivity (Wildman–Crippen MR) is 79.7 cm³/mol. The van der Waals surface area contributed by atoms with Crippen molar-refractivity contribution >= 4 is 10.9 Å². The first-order chi connectivity index (χ1) is 8.20. The molecule has 0 saturated carbocycles. The molecule has 0 aliphatic carbocycles. The van der Waals surface area contributed by atoms with Gasteiger partial charge in [-0.2, -0.15) is 0 Å². The summed E-state index contributed by atoms with van der Waals surface area (Å²) in [6.45, 7) is 12.5. The fraction of sp³-hybridized carbons (Fsp3) is 0.500. The van der Waals surface area contributed by atoms with E-state index in [0.717, 1.165) is 0 Å². The zero-order valence-electron chi connectivity index (χ0n) is 12.4. The molecule has 1 heteroatoms. The van der Waals surface area contributed by atoms with Crippen molar-refractivity contribution in [3.8, 4) is 0 Å². The summed E-state index contributed by atoms with van der Waals surface area (Å²) in [4.78, 5) is 0. The van der Waals surface area contributed by atoms with Crippen LogP contribution in [-0.4, -0.2) is 4.57 Å². The Balaban J connectivity index is 0.000000581. The van der Waals surface area contributed by atoms with Crippen LogP contribution in [0.25, 0.3) is 10.9 Å². The molecule has 1 nitrogen and oxygen atoms in total. The van der Waals surface area contributed by atoms with Gasteiger partial charge < -0.3 is 4.57 Å². The number of hydrogen-bond donors (Lipinski definition) is 0. The van der Waals surface area contributed by atoms with Crippen LogP contribution in [0.4, 0.5) is 0 Å². The fourth-order valence-electron chi connectivity index (χ4n) is 1.83. The Hall–Kier alpha value is -1.24. The van der Waals surface area contributed by atoms with E-state index in [0.29, 0.717) is 5.92 Å². The maximum absolute atomic E-state index is 2.24. The van der Waals surface area contributed by atoms with E-state index in [4.69, 9.17) is 0 Å². The highest BCUT2D eigenvalue weighted by atomic mass is 14.9. The van der Waals surface area contributed by atoms with Crippen molar-refractivity contribution in [1.82, 2.24) is 4.57 Å². The lowest BCUT2D eigenvalue weighted by Gasteiger charge is -2.07. The summed E-state index contributed by atoms with van der Waals surface area (Å²) in [5, 5.41) is 1.39. The minimum absolute atomic E-state index is 0.603. The molecule has 17 heavy (non-hydrogen) atoms. The van der Waals surface area contributed by atoms with Crippen molar-refractivity contribution < 1.29 is 0 Å². The molecule has 96 valence electrons. The van der Waals surface area contributed by atoms with Crippen LogP contribution in [-0.2, 0) is 7.05 Å². The third-order valence-corrected chi connectivity index (χ3v) is 2.58. The maximum atomic E-state index is 2.24. The van der Waals surface area contributed by atoms with Crippen LogP contribution in [0.2, 0.25) is 0 Å². The molecule has 2 aromatic rings. The van der Waals surface area contributed by atoms with Gasteiger partial charge in [0.2, 0.25) is 0 Å². The molecule has 0 N–H and O–H groups in total. The molecule has 0 fully saturated rings. The Labute approximate surface area is 106 Å². The topological polar surface area (TPSA) is 4.93 Å². The summed E-state index contributed by atoms with van der Waals surface area (Å²) < 4.78 is 2.17. The Morgan fingerprint density at radius 1 is 0.941 bits per heavy atom. The van der Waals surface area contributed by atoms with Gasteiger partial charge in [0, 0.05) is 24.1 Å². The number of aromatic nitrogens is 1. The highest BCUT2D eigenvalue weighted by molar-refractivity contribution is 5.84. The van der Waals surface area contributed by atoms with Gasteiger partial charge in [0.05, 0.1) is 0 Å². The molecular formula is C16H27N. The van der Waals surface area contributed by atoms with Crippen molar-refractivity contribution in [2.45, 2.75) is 47.5 Å². The molecule has 0 spiro atoms. The van der Waals surface area contributed by atoms with Crippen LogP contribution in [0.1, 0.15) is 53.0 Å². The monoisotopic (exact) mass is 233 g/mol. The molecule has 0 aliphatic rings. The summed E-state index contributed by atoms with van der Waals surface area (Å²) in [6, 6.07) is 8.72. The minimum atomic E-state index is 0.603. The van der Waals surface area contributed by atoms with Crippen molar-refractivity contribution in [3.05, 3.63) is 36.0 Å². The number of hydrogen-bond acceptors (Lipinski definition) is 0. The van der Waals surface area contributed by atoms with E-state index >= 15 is 0 Å². The number of benzene rings is 1. The number of nitrogens with zero attached hydrogens (tertiary/aromatic N) is 1. The van der Waals surface area contributed by atoms with Crippen LogP contribution in [0.15, 0.2) is 30.5 Å². The quantitative estimate of drug-likeness (QED) is 0.625. The SMILES string of the molecule is CC.CC.CC(C)c1cccc2c1ccn2C. The van der Waals surface area contributed by atoms with Crippen molar-refractivity contribution in [2.24, 2.45) is 7.05 Å². The van der Waals surface area contributed by atoms with Crippen molar-refractivity contribution in [3.63, 3.8) is 0 Å². The number of fused-ring (bicyclic) bond motifs is 1. The average molecular weight is 233 g/mol. The lowest BCUT2D eigenvalue weighted by molar-refractivity contribution is 0.876. The minimum Gasteiger partial charge on any atom is -0.351 e. The molecule has 1 aromatic heterocycles. The first kappa shape index (κ1) is 15.8. The molecular weight excluding hydrogens is 206 g/mol. The van der Waals surface area contributed by atoms with E-state index in [2.05, 4.69) is 55.9 Å². The van der Waals surface area contributed by atoms with Crippen molar-refractivity contribution in [2.75, 3.05) is 0 Å². The van der Waals surface area contributed by atoms with E-state index in [9.17, 15) is 0 Å². The molecule has 0 radical (unpaired) electrons. The van der Waals surface area contributed by atoms with Gasteiger partial charge in [0.1, 0.15) is 0 Å². The largest absolute Gasteiger partial charge is 0.351 e. The van der Waals surface area contributed by atoms with E-state index in [-0.39, 0.29) is 0 Å². The number of aryl methyl sites for hydroxylation is 1. The second-order valence-corrected chi connectivity index (χ2v) is 3.86. The highest BCUT2D eigenvalue weighted by Crippen LogP contribution is 2.25. The van der Waals surface area contributed by atoms with Crippen LogP contribution < -0.4 is 0 Å². The molecule has 1 aromatic carbocycles. The molecule has 1 heterocycles. The Morgan fingerprint density at radius 3 is 2.06 bits per heavy atom. The summed E-state index contributed by atoms with van der Waals surface area (Å²) in [5.74, 6) is 0.603. The fourth-order valence-corrected chi connectivity index (χ4v) is 1.83. The zero-order valence-corrected chi connectivity index (χ0v) is 12.4. The van der Waals surface area contributed by atoms with Gasteiger partial charge >= 0.3 is 0 Å². The van der Waals surface area contributed by atoms with E-state index in [1.54, 1.807) is 0 Å². The molecule has 0 bridgehead atoms. The van der Waals surface area contributed by atoms with E-state index < -0.39 is 0 Å².